The molecule has 0 aliphatic heterocycles. The van der Waals surface area contributed by atoms with E-state index in [-0.39, 0.29) is 20.4 Å². The summed E-state index contributed by atoms with van der Waals surface area (Å²) in [5.74, 6) is 3.39. The molecule has 0 radical (unpaired) electrons. The predicted octanol–water partition coefficient (Wildman–Crippen LogP) is 5.13. The van der Waals surface area contributed by atoms with Gasteiger partial charge < -0.3 is 4.90 Å². The van der Waals surface area contributed by atoms with Gasteiger partial charge >= 0.3 is 20.4 Å². The zero-order valence-corrected chi connectivity index (χ0v) is 31.7. The minimum atomic E-state index is -4.94. The van der Waals surface area contributed by atoms with E-state index in [1.807, 2.05) is 60.7 Å². The molecule has 0 unspecified atom stereocenters. The van der Waals surface area contributed by atoms with Crippen LogP contribution in [-0.2, 0) is 20.4 Å². The van der Waals surface area contributed by atoms with Gasteiger partial charge in [0, 0.05) is 25.7 Å². The summed E-state index contributed by atoms with van der Waals surface area (Å²) >= 11 is 0. The molecular formula is C42H38ClN2O4PPd. The van der Waals surface area contributed by atoms with Crippen molar-refractivity contribution in [3.05, 3.63) is 180 Å². The third-order valence-corrected chi connectivity index (χ3v) is 9.48. The Morgan fingerprint density at radius 3 is 1.82 bits per heavy atom. The second-order valence-corrected chi connectivity index (χ2v) is 13.9. The molecular weight excluding hydrogens is 769 g/mol. The fourth-order valence-electron chi connectivity index (χ4n) is 4.88. The van der Waals surface area contributed by atoms with Gasteiger partial charge in [0.2, 0.25) is 0 Å². The third kappa shape index (κ3) is 14.6. The van der Waals surface area contributed by atoms with Crippen molar-refractivity contribution in [3.8, 4) is 11.6 Å². The van der Waals surface area contributed by atoms with Gasteiger partial charge in [0.1, 0.15) is 0 Å². The van der Waals surface area contributed by atoms with Gasteiger partial charge in [-0.3, -0.25) is 4.99 Å². The Morgan fingerprint density at radius 1 is 0.725 bits per heavy atom. The summed E-state index contributed by atoms with van der Waals surface area (Å²) in [5.41, 5.74) is 9.07. The van der Waals surface area contributed by atoms with Gasteiger partial charge in [-0.2, -0.15) is 18.2 Å². The number of halogens is 1. The maximum atomic E-state index is 8.49. The zero-order valence-electron chi connectivity index (χ0n) is 28.5. The van der Waals surface area contributed by atoms with Gasteiger partial charge in [-0.05, 0) is 56.2 Å². The van der Waals surface area contributed by atoms with Gasteiger partial charge in [-0.1, -0.05) is 127 Å². The molecule has 9 heteroatoms. The molecule has 2 atom stereocenters. The average molecular weight is 808 g/mol. The molecule has 6 aromatic carbocycles. The number of fused-ring (bicyclic) bond motifs is 1. The molecule has 0 saturated heterocycles. The maximum absolute atomic E-state index is 8.49. The summed E-state index contributed by atoms with van der Waals surface area (Å²) in [7, 11) is -1.48. The van der Waals surface area contributed by atoms with Gasteiger partial charge in [0.25, 0.3) is 0 Å². The Morgan fingerprint density at radius 2 is 1.24 bits per heavy atom. The maximum Gasteiger partial charge on any atom is 2.00 e. The first-order chi connectivity index (χ1) is 24.1. The number of benzene rings is 6. The fourth-order valence-corrected chi connectivity index (χ4v) is 6.62. The van der Waals surface area contributed by atoms with Crippen LogP contribution in [0.15, 0.2) is 163 Å². The van der Waals surface area contributed by atoms with Crippen molar-refractivity contribution in [2.75, 3.05) is 20.3 Å². The summed E-state index contributed by atoms with van der Waals surface area (Å²) in [6.45, 7) is 2.21. The molecule has 0 bridgehead atoms. The SMILES string of the molecule is C(#C[P@](CC(=Nc1ccccc1)c1ccccc1)c1ccccc1)c1ccccc1.C[C@@H](c1[c-]ccc2ccccc12)N(C)C.[O-][Cl+3]([O-])([O-])[O-].[Pd+2]. The van der Waals surface area contributed by atoms with Crippen molar-refractivity contribution in [1.29, 1.82) is 0 Å². The first-order valence-corrected chi connectivity index (χ1v) is 18.6. The Bertz CT molecular complexity index is 1970. The van der Waals surface area contributed by atoms with Crippen LogP contribution in [0, 0.1) is 27.9 Å². The first-order valence-electron chi connectivity index (χ1n) is 15.8. The number of aliphatic imine (C=N–C) groups is 1. The van der Waals surface area contributed by atoms with Crippen LogP contribution in [0.5, 0.6) is 0 Å². The molecule has 0 fully saturated rings. The topological polar surface area (TPSA) is 108 Å². The monoisotopic (exact) mass is 806 g/mol. The van der Waals surface area contributed by atoms with Crippen molar-refractivity contribution >= 4 is 35.4 Å². The van der Waals surface area contributed by atoms with Crippen LogP contribution in [0.3, 0.4) is 0 Å². The zero-order chi connectivity index (χ0) is 35.8. The fraction of sp³-hybridized carbons (Fsp3) is 0.119. The second kappa shape index (κ2) is 21.4. The van der Waals surface area contributed by atoms with Crippen LogP contribution in [0.1, 0.15) is 29.7 Å². The minimum Gasteiger partial charge on any atom is -0.305 e. The standard InChI is InChI=1S/C28H22NP.C14H16N.ClHO4.Pd/c1-5-13-24(14-6-1)21-22-30(27-19-11-4-12-20-27)23-28(25-15-7-2-8-16-25)29-26-17-9-3-10-18-26;1-11(15(2)3)13-10-6-8-12-7-4-5-9-14(12)13;2-1(3,4)5;/h1-20H,23H2;4-9,11H,1-3H3;(H,2,3,4,5);/q;-1;;+2/p-1/t30-;11-;;/m10../s1. The van der Waals surface area contributed by atoms with Crippen molar-refractivity contribution < 1.29 is 49.3 Å². The molecule has 0 spiro atoms. The van der Waals surface area contributed by atoms with Gasteiger partial charge in [0.05, 0.1) is 11.4 Å². The van der Waals surface area contributed by atoms with E-state index in [1.54, 1.807) is 0 Å². The van der Waals surface area contributed by atoms with Crippen molar-refractivity contribution in [3.63, 3.8) is 0 Å². The van der Waals surface area contributed by atoms with Gasteiger partial charge in [-0.15, -0.1) is 32.6 Å². The second-order valence-electron chi connectivity index (χ2n) is 11.3. The molecule has 0 aromatic heterocycles. The molecule has 51 heavy (non-hydrogen) atoms. The van der Waals surface area contributed by atoms with Gasteiger partial charge in [-0.25, -0.2) is 18.6 Å². The molecule has 0 aliphatic rings. The number of hydrogen-bond acceptors (Lipinski definition) is 6. The summed E-state index contributed by atoms with van der Waals surface area (Å²) in [6.07, 6.45) is 0.804. The summed E-state index contributed by atoms with van der Waals surface area (Å²) in [5, 5.41) is 3.87. The molecule has 0 saturated carbocycles. The van der Waals surface area contributed by atoms with Gasteiger partial charge in [0.15, 0.2) is 0 Å². The number of para-hydroxylation sites is 1. The van der Waals surface area contributed by atoms with Crippen LogP contribution in [-0.4, -0.2) is 30.9 Å². The average Bonchev–Trinajstić information content (AvgIpc) is 3.13. The van der Waals surface area contributed by atoms with Crippen LogP contribution >= 0.6 is 7.92 Å². The third-order valence-electron chi connectivity index (χ3n) is 7.56. The van der Waals surface area contributed by atoms with E-state index < -0.39 is 18.2 Å². The molecule has 0 heterocycles. The van der Waals surface area contributed by atoms with Crippen molar-refractivity contribution in [2.24, 2.45) is 4.99 Å². The first kappa shape index (κ1) is 41.4. The quantitative estimate of drug-likeness (QED) is 0.0732. The molecule has 6 rings (SSSR count). The van der Waals surface area contributed by atoms with Crippen LogP contribution in [0.25, 0.3) is 10.8 Å². The van der Waals surface area contributed by atoms with Crippen molar-refractivity contribution in [2.45, 2.75) is 13.0 Å². The number of hydrogen-bond donors (Lipinski definition) is 0. The minimum absolute atomic E-state index is 0. The largest absolute Gasteiger partial charge is 2.00 e. The van der Waals surface area contributed by atoms with E-state index in [2.05, 4.69) is 141 Å². The van der Waals surface area contributed by atoms with E-state index in [1.165, 1.54) is 21.6 Å². The van der Waals surface area contributed by atoms with Crippen LogP contribution < -0.4 is 23.9 Å². The number of nitrogens with zero attached hydrogens (tertiary/aromatic N) is 2. The molecule has 6 nitrogen and oxygen atoms in total. The van der Waals surface area contributed by atoms with Crippen LogP contribution in [0.2, 0.25) is 0 Å². The van der Waals surface area contributed by atoms with Crippen LogP contribution in [0.4, 0.5) is 5.69 Å². The predicted molar refractivity (Wildman–Crippen MR) is 195 cm³/mol. The summed E-state index contributed by atoms with van der Waals surface area (Å²) < 4.78 is 34.0. The molecule has 6 aromatic rings. The van der Waals surface area contributed by atoms with E-state index in [4.69, 9.17) is 23.6 Å². The van der Waals surface area contributed by atoms with E-state index in [0.717, 1.165) is 28.7 Å². The Labute approximate surface area is 318 Å². The van der Waals surface area contributed by atoms with E-state index in [9.17, 15) is 0 Å². The molecule has 0 aliphatic carbocycles. The number of rotatable bonds is 7. The molecule has 0 amide bonds. The van der Waals surface area contributed by atoms with E-state index >= 15 is 0 Å². The summed E-state index contributed by atoms with van der Waals surface area (Å²) in [6, 6.07) is 57.7. The normalized spacial score (nSPS) is 12.1. The smallest absolute Gasteiger partial charge is 0.305 e. The Balaban J connectivity index is 0.000000279. The van der Waals surface area contributed by atoms with Crippen molar-refractivity contribution in [1.82, 2.24) is 4.90 Å². The Hall–Kier alpha value is -4.01. The summed E-state index contributed by atoms with van der Waals surface area (Å²) in [4.78, 5) is 7.22. The Kier molecular flexibility index (Phi) is 17.4. The molecule has 262 valence electrons. The van der Waals surface area contributed by atoms with E-state index in [0.29, 0.717) is 6.04 Å². The molecule has 0 N–H and O–H groups in total.